The van der Waals surface area contributed by atoms with Gasteiger partial charge in [0.25, 0.3) is 0 Å². The predicted octanol–water partition coefficient (Wildman–Crippen LogP) is 4.90. The zero-order chi connectivity index (χ0) is 16.6. The van der Waals surface area contributed by atoms with E-state index in [9.17, 15) is 0 Å². The minimum absolute atomic E-state index is 0.376. The molecule has 0 atom stereocenters. The van der Waals surface area contributed by atoms with E-state index in [4.69, 9.17) is 5.26 Å². The van der Waals surface area contributed by atoms with Gasteiger partial charge >= 0.3 is 0 Å². The molecule has 0 fully saturated rings. The molecule has 0 N–H and O–H groups in total. The second-order valence-corrected chi connectivity index (χ2v) is 6.79. The summed E-state index contributed by atoms with van der Waals surface area (Å²) in [6.07, 6.45) is 0.376. The maximum atomic E-state index is 8.81. The molecule has 0 aliphatic heterocycles. The quantitative estimate of drug-likeness (QED) is 0.688. The molecule has 0 spiro atoms. The molecule has 3 rings (SSSR count). The highest BCUT2D eigenvalue weighted by molar-refractivity contribution is 7.10. The van der Waals surface area contributed by atoms with Crippen molar-refractivity contribution in [3.05, 3.63) is 57.2 Å². The number of nitrogens with zero attached hydrogens (tertiary/aromatic N) is 3. The lowest BCUT2D eigenvalue weighted by Crippen LogP contribution is -2.00. The third-order valence-corrected chi connectivity index (χ3v) is 5.09. The fraction of sp³-hybridized carbons (Fsp3) is 0.263. The molecule has 0 bridgehead atoms. The summed E-state index contributed by atoms with van der Waals surface area (Å²) in [6, 6.07) is 10.9. The maximum absolute atomic E-state index is 8.81. The first kappa shape index (κ1) is 15.5. The second-order valence-electron chi connectivity index (χ2n) is 5.85. The van der Waals surface area contributed by atoms with Gasteiger partial charge < -0.3 is 4.57 Å². The molecule has 2 aromatic heterocycles. The SMILES string of the molecule is Cc1ccc(-n2c(C)cc(-c3csc(CC#N)n3)c2C)cc1C. The molecule has 1 aromatic carbocycles. The average Bonchev–Trinajstić information content (AvgIpc) is 3.07. The molecule has 3 aromatic rings. The second kappa shape index (κ2) is 6.02. The molecule has 0 saturated heterocycles. The lowest BCUT2D eigenvalue weighted by Gasteiger charge is -2.12. The molecule has 2 heterocycles. The standard InChI is InChI=1S/C19H19N3S/c1-12-5-6-16(9-13(12)2)22-14(3)10-17(15(22)4)18-11-23-19(21-18)7-8-20/h5-6,9-11H,7H2,1-4H3. The average molecular weight is 321 g/mol. The monoisotopic (exact) mass is 321 g/mol. The van der Waals surface area contributed by atoms with Crippen LogP contribution in [0.5, 0.6) is 0 Å². The maximum Gasteiger partial charge on any atom is 0.107 e. The fourth-order valence-corrected chi connectivity index (χ4v) is 3.59. The third-order valence-electron chi connectivity index (χ3n) is 4.24. The fourth-order valence-electron chi connectivity index (χ4n) is 2.87. The summed E-state index contributed by atoms with van der Waals surface area (Å²) in [7, 11) is 0. The highest BCUT2D eigenvalue weighted by atomic mass is 32.1. The molecule has 116 valence electrons. The number of thiazole rings is 1. The van der Waals surface area contributed by atoms with Gasteiger partial charge in [-0.25, -0.2) is 4.98 Å². The van der Waals surface area contributed by atoms with Crippen LogP contribution in [0.1, 0.15) is 27.5 Å². The Morgan fingerprint density at radius 2 is 1.91 bits per heavy atom. The van der Waals surface area contributed by atoms with Crippen molar-refractivity contribution in [2.75, 3.05) is 0 Å². The van der Waals surface area contributed by atoms with Gasteiger partial charge in [0.2, 0.25) is 0 Å². The van der Waals surface area contributed by atoms with Gasteiger partial charge in [0.1, 0.15) is 5.01 Å². The number of nitriles is 1. The minimum atomic E-state index is 0.376. The lowest BCUT2D eigenvalue weighted by molar-refractivity contribution is 0.962. The van der Waals surface area contributed by atoms with Gasteiger partial charge in [-0.2, -0.15) is 5.26 Å². The van der Waals surface area contributed by atoms with Gasteiger partial charge in [-0.05, 0) is 57.0 Å². The summed E-state index contributed by atoms with van der Waals surface area (Å²) in [4.78, 5) is 4.59. The van der Waals surface area contributed by atoms with E-state index in [1.807, 2.05) is 5.38 Å². The van der Waals surface area contributed by atoms with Gasteiger partial charge in [0.15, 0.2) is 0 Å². The van der Waals surface area contributed by atoms with Crippen LogP contribution in [0.3, 0.4) is 0 Å². The van der Waals surface area contributed by atoms with Crippen LogP contribution in [0.15, 0.2) is 29.6 Å². The Labute approximate surface area is 140 Å². The number of benzene rings is 1. The van der Waals surface area contributed by atoms with E-state index in [1.54, 1.807) is 11.3 Å². The largest absolute Gasteiger partial charge is 0.318 e. The van der Waals surface area contributed by atoms with Gasteiger partial charge in [-0.3, -0.25) is 0 Å². The van der Waals surface area contributed by atoms with Gasteiger partial charge in [-0.15, -0.1) is 11.3 Å². The highest BCUT2D eigenvalue weighted by Gasteiger charge is 2.15. The zero-order valence-corrected chi connectivity index (χ0v) is 14.7. The van der Waals surface area contributed by atoms with Crippen molar-refractivity contribution >= 4 is 11.3 Å². The molecule has 0 radical (unpaired) electrons. The van der Waals surface area contributed by atoms with Crippen molar-refractivity contribution in [3.8, 4) is 23.0 Å². The Balaban J connectivity index is 2.08. The van der Waals surface area contributed by atoms with Crippen LogP contribution >= 0.6 is 11.3 Å². The molecule has 23 heavy (non-hydrogen) atoms. The van der Waals surface area contributed by atoms with E-state index >= 15 is 0 Å². The van der Waals surface area contributed by atoms with Crippen LogP contribution < -0.4 is 0 Å². The summed E-state index contributed by atoms with van der Waals surface area (Å²) < 4.78 is 2.27. The first-order valence-electron chi connectivity index (χ1n) is 7.59. The van der Waals surface area contributed by atoms with E-state index in [0.717, 1.165) is 16.3 Å². The number of hydrogen-bond donors (Lipinski definition) is 0. The molecule has 3 nitrogen and oxygen atoms in total. The van der Waals surface area contributed by atoms with Gasteiger partial charge in [0, 0.05) is 28.0 Å². The molecule has 0 aliphatic rings. The highest BCUT2D eigenvalue weighted by Crippen LogP contribution is 2.30. The van der Waals surface area contributed by atoms with Crippen LogP contribution in [0, 0.1) is 39.0 Å². The molecule has 0 aliphatic carbocycles. The van der Waals surface area contributed by atoms with E-state index in [1.165, 1.54) is 28.2 Å². The molecule has 4 heteroatoms. The molecular weight excluding hydrogens is 302 g/mol. The van der Waals surface area contributed by atoms with E-state index in [2.05, 4.69) is 67.6 Å². The van der Waals surface area contributed by atoms with Crippen molar-refractivity contribution in [2.24, 2.45) is 0 Å². The smallest absolute Gasteiger partial charge is 0.107 e. The van der Waals surface area contributed by atoms with Crippen molar-refractivity contribution in [3.63, 3.8) is 0 Å². The number of aromatic nitrogens is 2. The lowest BCUT2D eigenvalue weighted by atomic mass is 10.1. The number of hydrogen-bond acceptors (Lipinski definition) is 3. The summed E-state index contributed by atoms with van der Waals surface area (Å²) in [5.74, 6) is 0. The Kier molecular flexibility index (Phi) is 4.06. The van der Waals surface area contributed by atoms with E-state index in [0.29, 0.717) is 6.42 Å². The summed E-state index contributed by atoms with van der Waals surface area (Å²) in [5.41, 5.74) is 8.25. The predicted molar refractivity (Wildman–Crippen MR) is 95.1 cm³/mol. The topological polar surface area (TPSA) is 41.6 Å². The van der Waals surface area contributed by atoms with Gasteiger partial charge in [-0.1, -0.05) is 6.07 Å². The van der Waals surface area contributed by atoms with Crippen LogP contribution in [-0.2, 0) is 6.42 Å². The summed E-state index contributed by atoms with van der Waals surface area (Å²) in [5, 5.41) is 11.7. The Morgan fingerprint density at radius 1 is 1.13 bits per heavy atom. The number of aryl methyl sites for hydroxylation is 3. The van der Waals surface area contributed by atoms with Crippen LogP contribution in [0.25, 0.3) is 16.9 Å². The van der Waals surface area contributed by atoms with Crippen molar-refractivity contribution in [2.45, 2.75) is 34.1 Å². The van der Waals surface area contributed by atoms with E-state index < -0.39 is 0 Å². The normalized spacial score (nSPS) is 10.7. The van der Waals surface area contributed by atoms with Crippen molar-refractivity contribution < 1.29 is 0 Å². The molecular formula is C19H19N3S. The van der Waals surface area contributed by atoms with E-state index in [-0.39, 0.29) is 0 Å². The summed E-state index contributed by atoms with van der Waals surface area (Å²) in [6.45, 7) is 8.52. The molecule has 0 saturated carbocycles. The third kappa shape index (κ3) is 2.80. The van der Waals surface area contributed by atoms with Crippen LogP contribution in [0.4, 0.5) is 0 Å². The van der Waals surface area contributed by atoms with Crippen molar-refractivity contribution in [1.82, 2.24) is 9.55 Å². The van der Waals surface area contributed by atoms with Gasteiger partial charge in [0.05, 0.1) is 18.2 Å². The van der Waals surface area contributed by atoms with Crippen LogP contribution in [0.2, 0.25) is 0 Å². The Bertz CT molecular complexity index is 909. The first-order valence-corrected chi connectivity index (χ1v) is 8.47. The molecule has 0 amide bonds. The Morgan fingerprint density at radius 3 is 2.61 bits per heavy atom. The first-order chi connectivity index (χ1) is 11.0. The minimum Gasteiger partial charge on any atom is -0.318 e. The number of rotatable bonds is 3. The van der Waals surface area contributed by atoms with Crippen molar-refractivity contribution in [1.29, 1.82) is 5.26 Å². The molecule has 0 unspecified atom stereocenters. The summed E-state index contributed by atoms with van der Waals surface area (Å²) >= 11 is 1.55. The zero-order valence-electron chi connectivity index (χ0n) is 13.8. The Hall–Kier alpha value is -2.38. The van der Waals surface area contributed by atoms with Crippen LogP contribution in [-0.4, -0.2) is 9.55 Å².